The van der Waals surface area contributed by atoms with Crippen molar-refractivity contribution in [1.82, 2.24) is 10.6 Å². The minimum Gasteiger partial charge on any atom is -0.392 e. The van der Waals surface area contributed by atoms with E-state index in [4.69, 9.17) is 0 Å². The molecule has 1 aliphatic rings. The Balaban J connectivity index is 0.000000371. The molecule has 0 saturated heterocycles. The Bertz CT molecular complexity index is 823. The molecule has 2 aromatic rings. The van der Waals surface area contributed by atoms with Gasteiger partial charge in [0.2, 0.25) is 5.91 Å². The average Bonchev–Trinajstić information content (AvgIpc) is 3.25. The number of hydrogen-bond donors (Lipinski definition) is 4. The highest BCUT2D eigenvalue weighted by Crippen LogP contribution is 2.20. The fourth-order valence-electron chi connectivity index (χ4n) is 4.17. The molecule has 4 N–H and O–H groups in total. The van der Waals surface area contributed by atoms with Crippen LogP contribution in [0.4, 0.5) is 0 Å². The van der Waals surface area contributed by atoms with Crippen molar-refractivity contribution in [1.29, 1.82) is 0 Å². The Morgan fingerprint density at radius 2 is 1.59 bits per heavy atom. The van der Waals surface area contributed by atoms with Crippen LogP contribution in [0.25, 0.3) is 0 Å². The van der Waals surface area contributed by atoms with Gasteiger partial charge in [-0.25, -0.2) is 0 Å². The molecule has 5 heteroatoms. The lowest BCUT2D eigenvalue weighted by molar-refractivity contribution is -0.132. The van der Waals surface area contributed by atoms with Gasteiger partial charge < -0.3 is 20.8 Å². The van der Waals surface area contributed by atoms with Crippen molar-refractivity contribution in [2.45, 2.75) is 78.0 Å². The molecule has 0 unspecified atom stereocenters. The van der Waals surface area contributed by atoms with Crippen LogP contribution in [-0.2, 0) is 24.1 Å². The van der Waals surface area contributed by atoms with E-state index in [-0.39, 0.29) is 5.91 Å². The van der Waals surface area contributed by atoms with Crippen LogP contribution in [0.3, 0.4) is 0 Å². The van der Waals surface area contributed by atoms with E-state index in [0.29, 0.717) is 25.3 Å². The molecule has 1 aliphatic carbocycles. The molecular formula is C29H44N2O3. The maximum absolute atomic E-state index is 12.5. The number of carbonyl (C=O) groups excluding carboxylic acids is 1. The van der Waals surface area contributed by atoms with Crippen molar-refractivity contribution in [2.75, 3.05) is 13.1 Å². The molecule has 5 nitrogen and oxygen atoms in total. The first-order chi connectivity index (χ1) is 16.1. The Kier molecular flexibility index (Phi) is 11.7. The molecule has 0 bridgehead atoms. The van der Waals surface area contributed by atoms with Crippen LogP contribution < -0.4 is 10.6 Å². The fourth-order valence-corrected chi connectivity index (χ4v) is 4.17. The van der Waals surface area contributed by atoms with Crippen LogP contribution in [-0.4, -0.2) is 41.0 Å². The van der Waals surface area contributed by atoms with E-state index < -0.39 is 17.7 Å². The Hall–Kier alpha value is -2.21. The summed E-state index contributed by atoms with van der Waals surface area (Å²) in [6, 6.07) is 18.5. The number of rotatable bonds is 11. The molecule has 0 spiro atoms. The topological polar surface area (TPSA) is 81.6 Å². The monoisotopic (exact) mass is 468 g/mol. The summed E-state index contributed by atoms with van der Waals surface area (Å²) in [5, 5.41) is 26.0. The van der Waals surface area contributed by atoms with Crippen molar-refractivity contribution in [2.24, 2.45) is 11.8 Å². The lowest BCUT2D eigenvalue weighted by Gasteiger charge is -2.25. The van der Waals surface area contributed by atoms with Crippen LogP contribution in [0.15, 0.2) is 54.6 Å². The van der Waals surface area contributed by atoms with Gasteiger partial charge in [0.1, 0.15) is 5.72 Å². The summed E-state index contributed by atoms with van der Waals surface area (Å²) in [5.41, 5.74) is 2.90. The van der Waals surface area contributed by atoms with E-state index in [2.05, 4.69) is 48.7 Å². The predicted octanol–water partition coefficient (Wildman–Crippen LogP) is 4.25. The summed E-state index contributed by atoms with van der Waals surface area (Å²) < 4.78 is 0. The predicted molar refractivity (Wildman–Crippen MR) is 139 cm³/mol. The van der Waals surface area contributed by atoms with E-state index in [1.165, 1.54) is 33.1 Å². The van der Waals surface area contributed by atoms with E-state index in [1.54, 1.807) is 11.1 Å². The normalized spacial score (nSPS) is 14.7. The summed E-state index contributed by atoms with van der Waals surface area (Å²) in [5.74, 6) is -0.0126. The van der Waals surface area contributed by atoms with Gasteiger partial charge in [0, 0.05) is 12.5 Å². The lowest BCUT2D eigenvalue weighted by Crippen LogP contribution is -2.47. The second-order valence-corrected chi connectivity index (χ2v) is 10.3. The highest BCUT2D eigenvalue weighted by molar-refractivity contribution is 5.79. The second-order valence-electron chi connectivity index (χ2n) is 10.3. The van der Waals surface area contributed by atoms with Crippen molar-refractivity contribution in [3.8, 4) is 0 Å². The molecule has 0 radical (unpaired) electrons. The molecule has 2 aromatic carbocycles. The summed E-state index contributed by atoms with van der Waals surface area (Å²) in [6.45, 7) is 8.72. The first-order valence-electron chi connectivity index (χ1n) is 12.7. The average molecular weight is 469 g/mol. The number of carbonyl (C=O) groups is 1. The number of aliphatic hydroxyl groups excluding tert-OH is 1. The SMILES string of the molecule is CC(C)CCNC[C@@H](O)C[C@@H](Cc1ccccc1)C(=O)NC(C)(C)O.c1ccc2c(c1)CCC2. The van der Waals surface area contributed by atoms with Crippen LogP contribution >= 0.6 is 0 Å². The van der Waals surface area contributed by atoms with Gasteiger partial charge in [0.15, 0.2) is 0 Å². The number of hydrogen-bond acceptors (Lipinski definition) is 4. The molecule has 0 aromatic heterocycles. The molecular weight excluding hydrogens is 424 g/mol. The molecule has 0 fully saturated rings. The van der Waals surface area contributed by atoms with Crippen molar-refractivity contribution < 1.29 is 15.0 Å². The number of aryl methyl sites for hydroxylation is 2. The second kappa shape index (κ2) is 14.2. The maximum atomic E-state index is 12.5. The van der Waals surface area contributed by atoms with Crippen LogP contribution in [0.5, 0.6) is 0 Å². The molecule has 0 heterocycles. The molecule has 1 amide bonds. The zero-order chi connectivity index (χ0) is 25.0. The molecule has 34 heavy (non-hydrogen) atoms. The van der Waals surface area contributed by atoms with E-state index in [9.17, 15) is 15.0 Å². The van der Waals surface area contributed by atoms with Crippen molar-refractivity contribution in [3.05, 3.63) is 71.3 Å². The summed E-state index contributed by atoms with van der Waals surface area (Å²) >= 11 is 0. The smallest absolute Gasteiger partial charge is 0.225 e. The zero-order valence-electron chi connectivity index (χ0n) is 21.4. The molecule has 0 aliphatic heterocycles. The number of benzene rings is 2. The lowest BCUT2D eigenvalue weighted by atomic mass is 9.92. The van der Waals surface area contributed by atoms with Crippen molar-refractivity contribution >= 4 is 5.91 Å². The van der Waals surface area contributed by atoms with Gasteiger partial charge in [-0.3, -0.25) is 4.79 Å². The molecule has 3 rings (SSSR count). The third-order valence-corrected chi connectivity index (χ3v) is 5.97. The highest BCUT2D eigenvalue weighted by Gasteiger charge is 2.26. The Morgan fingerprint density at radius 3 is 2.15 bits per heavy atom. The van der Waals surface area contributed by atoms with Gasteiger partial charge in [-0.05, 0) is 81.5 Å². The summed E-state index contributed by atoms with van der Waals surface area (Å²) in [7, 11) is 0. The largest absolute Gasteiger partial charge is 0.392 e. The number of aliphatic hydroxyl groups is 2. The van der Waals surface area contributed by atoms with Crippen LogP contribution in [0.1, 0.15) is 63.6 Å². The Morgan fingerprint density at radius 1 is 1.00 bits per heavy atom. The number of amides is 1. The first-order valence-corrected chi connectivity index (χ1v) is 12.7. The van der Waals surface area contributed by atoms with Crippen LogP contribution in [0.2, 0.25) is 0 Å². The third-order valence-electron chi connectivity index (χ3n) is 5.97. The van der Waals surface area contributed by atoms with Crippen LogP contribution in [0, 0.1) is 11.8 Å². The zero-order valence-corrected chi connectivity index (χ0v) is 21.4. The first kappa shape index (κ1) is 28.0. The minimum atomic E-state index is -1.27. The Labute approximate surface area is 206 Å². The van der Waals surface area contributed by atoms with E-state index >= 15 is 0 Å². The number of fused-ring (bicyclic) bond motifs is 1. The quantitative estimate of drug-likeness (QED) is 0.294. The summed E-state index contributed by atoms with van der Waals surface area (Å²) in [4.78, 5) is 12.5. The number of nitrogens with one attached hydrogen (secondary N) is 2. The van der Waals surface area contributed by atoms with Gasteiger partial charge in [-0.15, -0.1) is 0 Å². The van der Waals surface area contributed by atoms with Crippen molar-refractivity contribution in [3.63, 3.8) is 0 Å². The maximum Gasteiger partial charge on any atom is 0.225 e. The van der Waals surface area contributed by atoms with Gasteiger partial charge in [0.05, 0.1) is 6.10 Å². The fraction of sp³-hybridized carbons (Fsp3) is 0.552. The van der Waals surface area contributed by atoms with E-state index in [1.807, 2.05) is 30.3 Å². The van der Waals surface area contributed by atoms with Gasteiger partial charge >= 0.3 is 0 Å². The standard InChI is InChI=1S/C20H34N2O3.C9H10/c1-15(2)10-11-21-14-18(23)13-17(19(24)22-20(3,4)25)12-16-8-6-5-7-9-16;1-2-5-9-7-3-6-8(9)4-1/h5-9,15,17-18,21,23,25H,10-14H2,1-4H3,(H,22,24);1-2,4-5H,3,6-7H2/t17-,18+;/m1./s1. The van der Waals surface area contributed by atoms with Gasteiger partial charge in [-0.1, -0.05) is 68.4 Å². The van der Waals surface area contributed by atoms with E-state index in [0.717, 1.165) is 18.5 Å². The summed E-state index contributed by atoms with van der Waals surface area (Å²) in [6.07, 6.45) is 5.30. The van der Waals surface area contributed by atoms with Gasteiger partial charge in [0.25, 0.3) is 0 Å². The minimum absolute atomic E-state index is 0.238. The highest BCUT2D eigenvalue weighted by atomic mass is 16.3. The molecule has 188 valence electrons. The molecule has 2 atom stereocenters. The third kappa shape index (κ3) is 11.3. The van der Waals surface area contributed by atoms with Gasteiger partial charge in [-0.2, -0.15) is 0 Å². The molecule has 0 saturated carbocycles.